The highest BCUT2D eigenvalue weighted by Crippen LogP contribution is 2.16. The largest absolute Gasteiger partial charge is 0.301 e. The summed E-state index contributed by atoms with van der Waals surface area (Å²) in [6.07, 6.45) is 0.515. The van der Waals surface area contributed by atoms with Gasteiger partial charge in [0.15, 0.2) is 0 Å². The third-order valence-corrected chi connectivity index (χ3v) is 4.31. The molecule has 1 aliphatic heterocycles. The van der Waals surface area contributed by atoms with Gasteiger partial charge in [0.2, 0.25) is 10.0 Å². The van der Waals surface area contributed by atoms with Crippen LogP contribution in [0.3, 0.4) is 0 Å². The van der Waals surface area contributed by atoms with Crippen LogP contribution in [0.25, 0.3) is 0 Å². The predicted octanol–water partition coefficient (Wildman–Crippen LogP) is 0.167. The lowest BCUT2D eigenvalue weighted by Gasteiger charge is -2.25. The van der Waals surface area contributed by atoms with E-state index >= 15 is 0 Å². The van der Waals surface area contributed by atoms with Crippen molar-refractivity contribution >= 4 is 15.9 Å². The Balaban J connectivity index is 2.07. The number of hydrogen-bond acceptors (Lipinski definition) is 4. The number of carbonyl (C=O) groups is 1. The van der Waals surface area contributed by atoms with Crippen molar-refractivity contribution < 1.29 is 13.2 Å². The molecule has 1 amide bonds. The molecule has 98 valence electrons. The van der Waals surface area contributed by atoms with E-state index in [0.717, 1.165) is 11.1 Å². The first kappa shape index (κ1) is 13.0. The quantitative estimate of drug-likeness (QED) is 0.819. The molecule has 0 saturated heterocycles. The molecule has 5 nitrogen and oxygen atoms in total. The zero-order valence-corrected chi connectivity index (χ0v) is 11.0. The van der Waals surface area contributed by atoms with Gasteiger partial charge in [0, 0.05) is 6.54 Å². The molecule has 0 saturated carbocycles. The molecule has 0 radical (unpaired) electrons. The van der Waals surface area contributed by atoms with E-state index in [1.165, 1.54) is 6.92 Å². The van der Waals surface area contributed by atoms with Crippen LogP contribution in [0, 0.1) is 0 Å². The second-order valence-corrected chi connectivity index (χ2v) is 6.29. The highest BCUT2D eigenvalue weighted by atomic mass is 32.2. The minimum atomic E-state index is -3.48. The van der Waals surface area contributed by atoms with Gasteiger partial charge < -0.3 is 5.32 Å². The predicted molar refractivity (Wildman–Crippen MR) is 68.4 cm³/mol. The summed E-state index contributed by atoms with van der Waals surface area (Å²) in [5, 5.41) is 3.05. The third kappa shape index (κ3) is 2.88. The average Bonchev–Trinajstić information content (AvgIpc) is 2.37. The van der Waals surface area contributed by atoms with Gasteiger partial charge in [0.1, 0.15) is 0 Å². The molecule has 1 aliphatic rings. The minimum absolute atomic E-state index is 0.0952. The van der Waals surface area contributed by atoms with Crippen molar-refractivity contribution in [2.45, 2.75) is 25.9 Å². The second-order valence-electron chi connectivity index (χ2n) is 4.28. The van der Waals surface area contributed by atoms with Gasteiger partial charge in [0.05, 0.1) is 11.8 Å². The number of amides is 1. The summed E-state index contributed by atoms with van der Waals surface area (Å²) >= 11 is 0. The smallest absolute Gasteiger partial charge is 0.250 e. The fourth-order valence-electron chi connectivity index (χ4n) is 1.94. The van der Waals surface area contributed by atoms with Crippen LogP contribution in [-0.4, -0.2) is 26.1 Å². The molecule has 6 heteroatoms. The maximum atomic E-state index is 11.8. The Morgan fingerprint density at radius 2 is 2.06 bits per heavy atom. The molecule has 0 fully saturated rings. The van der Waals surface area contributed by atoms with E-state index in [2.05, 4.69) is 10.0 Å². The number of fused-ring (bicyclic) bond motifs is 1. The lowest BCUT2D eigenvalue weighted by Crippen LogP contribution is -2.49. The van der Waals surface area contributed by atoms with Crippen molar-refractivity contribution in [3.8, 4) is 0 Å². The molecule has 0 aromatic heterocycles. The summed E-state index contributed by atoms with van der Waals surface area (Å²) in [4.78, 5) is 11.8. The Labute approximate surface area is 107 Å². The van der Waals surface area contributed by atoms with Crippen molar-refractivity contribution in [3.05, 3.63) is 35.4 Å². The molecule has 1 atom stereocenters. The first-order chi connectivity index (χ1) is 8.52. The van der Waals surface area contributed by atoms with E-state index in [1.54, 1.807) is 0 Å². The van der Waals surface area contributed by atoms with Crippen molar-refractivity contribution in [1.29, 1.82) is 0 Å². The van der Waals surface area contributed by atoms with E-state index in [1.807, 2.05) is 24.3 Å². The molecular weight excluding hydrogens is 252 g/mol. The van der Waals surface area contributed by atoms with E-state index in [4.69, 9.17) is 0 Å². The zero-order valence-electron chi connectivity index (χ0n) is 10.1. The van der Waals surface area contributed by atoms with Crippen molar-refractivity contribution in [3.63, 3.8) is 0 Å². The van der Waals surface area contributed by atoms with Crippen LogP contribution in [0.1, 0.15) is 18.1 Å². The van der Waals surface area contributed by atoms with Crippen LogP contribution in [-0.2, 0) is 27.8 Å². The highest BCUT2D eigenvalue weighted by molar-refractivity contribution is 7.90. The van der Waals surface area contributed by atoms with Gasteiger partial charge >= 0.3 is 0 Å². The normalized spacial score (nSPS) is 19.1. The molecule has 2 N–H and O–H groups in total. The highest BCUT2D eigenvalue weighted by Gasteiger charge is 2.26. The van der Waals surface area contributed by atoms with Crippen LogP contribution >= 0.6 is 0 Å². The molecule has 1 heterocycles. The van der Waals surface area contributed by atoms with Gasteiger partial charge in [-0.25, -0.2) is 8.42 Å². The van der Waals surface area contributed by atoms with Gasteiger partial charge in [-0.15, -0.1) is 0 Å². The van der Waals surface area contributed by atoms with E-state index in [9.17, 15) is 13.2 Å². The fourth-order valence-corrected chi connectivity index (χ4v) is 2.53. The monoisotopic (exact) mass is 268 g/mol. The van der Waals surface area contributed by atoms with Crippen LogP contribution in [0.4, 0.5) is 0 Å². The van der Waals surface area contributed by atoms with Crippen molar-refractivity contribution in [1.82, 2.24) is 10.0 Å². The molecule has 18 heavy (non-hydrogen) atoms. The molecule has 0 unspecified atom stereocenters. The van der Waals surface area contributed by atoms with Crippen LogP contribution in [0.2, 0.25) is 0 Å². The summed E-state index contributed by atoms with van der Waals surface area (Å²) in [5.41, 5.74) is 2.24. The molecule has 2 rings (SSSR count). The maximum Gasteiger partial charge on any atom is 0.250 e. The number of carbonyl (C=O) groups excluding carboxylic acids is 1. The van der Waals surface area contributed by atoms with Crippen LogP contribution < -0.4 is 10.0 Å². The molecule has 1 aromatic carbocycles. The third-order valence-electron chi connectivity index (χ3n) is 3.03. The molecule has 0 aliphatic carbocycles. The molecule has 0 spiro atoms. The minimum Gasteiger partial charge on any atom is -0.301 e. The average molecular weight is 268 g/mol. The van der Waals surface area contributed by atoms with Gasteiger partial charge in [-0.2, -0.15) is 0 Å². The summed E-state index contributed by atoms with van der Waals surface area (Å²) < 4.78 is 24.8. The van der Waals surface area contributed by atoms with E-state index in [0.29, 0.717) is 13.0 Å². The number of benzene rings is 1. The molecule has 0 bridgehead atoms. The Kier molecular flexibility index (Phi) is 3.68. The summed E-state index contributed by atoms with van der Waals surface area (Å²) in [7, 11) is -3.48. The Morgan fingerprint density at radius 3 is 2.72 bits per heavy atom. The maximum absolute atomic E-state index is 11.8. The van der Waals surface area contributed by atoms with E-state index in [-0.39, 0.29) is 5.75 Å². The van der Waals surface area contributed by atoms with Crippen molar-refractivity contribution in [2.24, 2.45) is 0 Å². The second kappa shape index (κ2) is 5.07. The first-order valence-corrected chi connectivity index (χ1v) is 7.51. The van der Waals surface area contributed by atoms with Gasteiger partial charge in [-0.3, -0.25) is 9.52 Å². The van der Waals surface area contributed by atoms with Crippen LogP contribution in [0.15, 0.2) is 24.3 Å². The Hall–Kier alpha value is -1.40. The first-order valence-electron chi connectivity index (χ1n) is 5.86. The Bertz CT molecular complexity index is 554. The molecule has 1 aromatic rings. The summed E-state index contributed by atoms with van der Waals surface area (Å²) in [6, 6.07) is 7.34. The topological polar surface area (TPSA) is 75.3 Å². The number of hydrogen-bond donors (Lipinski definition) is 2. The van der Waals surface area contributed by atoms with E-state index < -0.39 is 22.0 Å². The van der Waals surface area contributed by atoms with Crippen LogP contribution in [0.5, 0.6) is 0 Å². The SMILES string of the molecule is CCS(=O)(=O)NC(=O)[C@@H]1Cc2ccccc2CN1. The lowest BCUT2D eigenvalue weighted by atomic mass is 9.96. The summed E-state index contributed by atoms with van der Waals surface area (Å²) in [5.74, 6) is -0.575. The standard InChI is InChI=1S/C12H16N2O3S/c1-2-18(16,17)14-12(15)11-7-9-5-3-4-6-10(9)8-13-11/h3-6,11,13H,2,7-8H2,1H3,(H,14,15)/t11-/m0/s1. The van der Waals surface area contributed by atoms with Gasteiger partial charge in [-0.1, -0.05) is 24.3 Å². The fraction of sp³-hybridized carbons (Fsp3) is 0.417. The summed E-state index contributed by atoms with van der Waals surface area (Å²) in [6.45, 7) is 2.08. The number of rotatable bonds is 3. The van der Waals surface area contributed by atoms with Gasteiger partial charge in [0.25, 0.3) is 5.91 Å². The lowest BCUT2D eigenvalue weighted by molar-refractivity contribution is -0.121. The number of sulfonamides is 1. The molecular formula is C12H16N2O3S. The Morgan fingerprint density at radius 1 is 1.39 bits per heavy atom. The number of nitrogens with one attached hydrogen (secondary N) is 2. The van der Waals surface area contributed by atoms with Crippen molar-refractivity contribution in [2.75, 3.05) is 5.75 Å². The zero-order chi connectivity index (χ0) is 13.2. The van der Waals surface area contributed by atoms with Gasteiger partial charge in [-0.05, 0) is 24.5 Å².